The van der Waals surface area contributed by atoms with Crippen molar-refractivity contribution in [3.8, 4) is 16.8 Å². The van der Waals surface area contributed by atoms with Crippen molar-refractivity contribution in [3.63, 3.8) is 0 Å². The highest BCUT2D eigenvalue weighted by atomic mass is 19.4. The van der Waals surface area contributed by atoms with Crippen LogP contribution < -0.4 is 5.73 Å². The quantitative estimate of drug-likeness (QED) is 0.759. The Kier molecular flexibility index (Phi) is 3.60. The van der Waals surface area contributed by atoms with Crippen molar-refractivity contribution < 1.29 is 13.2 Å². The highest BCUT2D eigenvalue weighted by Gasteiger charge is 2.31. The van der Waals surface area contributed by atoms with Crippen LogP contribution in [-0.4, -0.2) is 9.78 Å². The van der Waals surface area contributed by atoms with Gasteiger partial charge >= 0.3 is 6.18 Å². The number of rotatable bonds is 2. The first-order valence-electron chi connectivity index (χ1n) is 6.96. The maximum Gasteiger partial charge on any atom is 0.416 e. The molecule has 3 aromatic rings. The molecule has 0 atom stereocenters. The average Bonchev–Trinajstić information content (AvgIpc) is 2.82. The summed E-state index contributed by atoms with van der Waals surface area (Å²) in [7, 11) is 0. The molecule has 1 heterocycles. The number of hydrogen-bond donors (Lipinski definition) is 1. The van der Waals surface area contributed by atoms with Crippen LogP contribution in [0.2, 0.25) is 0 Å². The van der Waals surface area contributed by atoms with Gasteiger partial charge in [-0.25, -0.2) is 4.68 Å². The number of hydrogen-bond acceptors (Lipinski definition) is 2. The summed E-state index contributed by atoms with van der Waals surface area (Å²) in [6.45, 7) is 1.73. The molecule has 2 aromatic carbocycles. The van der Waals surface area contributed by atoms with Gasteiger partial charge in [0.05, 0.1) is 16.9 Å². The lowest BCUT2D eigenvalue weighted by Gasteiger charge is -2.09. The van der Waals surface area contributed by atoms with Gasteiger partial charge in [-0.3, -0.25) is 0 Å². The van der Waals surface area contributed by atoms with Crippen LogP contribution in [0.15, 0.2) is 54.6 Å². The average molecular weight is 317 g/mol. The fourth-order valence-electron chi connectivity index (χ4n) is 2.52. The van der Waals surface area contributed by atoms with E-state index in [4.69, 9.17) is 5.73 Å². The summed E-state index contributed by atoms with van der Waals surface area (Å²) >= 11 is 0. The predicted molar refractivity (Wildman–Crippen MR) is 83.2 cm³/mol. The van der Waals surface area contributed by atoms with Crippen molar-refractivity contribution in [2.45, 2.75) is 13.1 Å². The molecule has 0 aliphatic heterocycles. The molecule has 0 unspecified atom stereocenters. The Hall–Kier alpha value is -2.76. The smallest absolute Gasteiger partial charge is 0.383 e. The highest BCUT2D eigenvalue weighted by Crippen LogP contribution is 2.35. The molecule has 3 rings (SSSR count). The van der Waals surface area contributed by atoms with Crippen LogP contribution in [0.1, 0.15) is 11.3 Å². The summed E-state index contributed by atoms with van der Waals surface area (Å²) in [4.78, 5) is 0. The van der Waals surface area contributed by atoms with Gasteiger partial charge in [-0.2, -0.15) is 18.3 Å². The number of benzene rings is 2. The molecule has 23 heavy (non-hydrogen) atoms. The first-order valence-corrected chi connectivity index (χ1v) is 6.96. The first kappa shape index (κ1) is 15.1. The molecule has 0 saturated heterocycles. The highest BCUT2D eigenvalue weighted by molar-refractivity contribution is 5.78. The van der Waals surface area contributed by atoms with E-state index in [1.165, 1.54) is 10.7 Å². The van der Waals surface area contributed by atoms with Crippen LogP contribution in [0.25, 0.3) is 16.8 Å². The molecule has 0 saturated carbocycles. The van der Waals surface area contributed by atoms with E-state index < -0.39 is 11.7 Å². The van der Waals surface area contributed by atoms with E-state index >= 15 is 0 Å². The lowest BCUT2D eigenvalue weighted by Crippen LogP contribution is -2.05. The van der Waals surface area contributed by atoms with Gasteiger partial charge in [-0.05, 0) is 36.8 Å². The predicted octanol–water partition coefficient (Wildman–Crippen LogP) is 4.45. The van der Waals surface area contributed by atoms with E-state index in [0.29, 0.717) is 22.6 Å². The van der Waals surface area contributed by atoms with Crippen molar-refractivity contribution in [3.05, 3.63) is 65.9 Å². The van der Waals surface area contributed by atoms with Crippen LogP contribution in [0.4, 0.5) is 19.0 Å². The Balaban J connectivity index is 2.14. The molecule has 0 bridgehead atoms. The minimum Gasteiger partial charge on any atom is -0.383 e. The number of anilines is 1. The van der Waals surface area contributed by atoms with Gasteiger partial charge < -0.3 is 5.73 Å². The molecule has 0 aliphatic carbocycles. The number of nitrogens with two attached hydrogens (primary N) is 1. The number of aromatic nitrogens is 2. The van der Waals surface area contributed by atoms with Crippen LogP contribution in [0, 0.1) is 6.92 Å². The lowest BCUT2D eigenvalue weighted by atomic mass is 10.0. The Morgan fingerprint density at radius 3 is 2.35 bits per heavy atom. The van der Waals surface area contributed by atoms with E-state index in [1.807, 2.05) is 30.3 Å². The summed E-state index contributed by atoms with van der Waals surface area (Å²) in [6, 6.07) is 14.3. The van der Waals surface area contributed by atoms with Crippen molar-refractivity contribution >= 4 is 5.82 Å². The molecule has 1 aromatic heterocycles. The monoisotopic (exact) mass is 317 g/mol. The van der Waals surface area contributed by atoms with E-state index in [9.17, 15) is 13.2 Å². The zero-order valence-corrected chi connectivity index (χ0v) is 12.3. The van der Waals surface area contributed by atoms with E-state index in [-0.39, 0.29) is 0 Å². The third-order valence-corrected chi connectivity index (χ3v) is 3.58. The fourth-order valence-corrected chi connectivity index (χ4v) is 2.52. The number of halogens is 3. The largest absolute Gasteiger partial charge is 0.416 e. The fraction of sp³-hybridized carbons (Fsp3) is 0.118. The maximum atomic E-state index is 12.9. The van der Waals surface area contributed by atoms with Gasteiger partial charge in [0, 0.05) is 5.56 Å². The number of nitrogens with zero attached hydrogens (tertiary/aromatic N) is 2. The third kappa shape index (κ3) is 2.79. The van der Waals surface area contributed by atoms with Crippen LogP contribution in [-0.2, 0) is 6.18 Å². The topological polar surface area (TPSA) is 43.8 Å². The summed E-state index contributed by atoms with van der Waals surface area (Å²) in [5, 5.41) is 4.36. The van der Waals surface area contributed by atoms with E-state index in [2.05, 4.69) is 5.10 Å². The third-order valence-electron chi connectivity index (χ3n) is 3.58. The van der Waals surface area contributed by atoms with Gasteiger partial charge in [0.1, 0.15) is 5.82 Å². The van der Waals surface area contributed by atoms with Crippen LogP contribution >= 0.6 is 0 Å². The van der Waals surface area contributed by atoms with E-state index in [1.54, 1.807) is 13.0 Å². The van der Waals surface area contributed by atoms with Crippen molar-refractivity contribution in [1.29, 1.82) is 0 Å². The second kappa shape index (κ2) is 5.46. The lowest BCUT2D eigenvalue weighted by molar-refractivity contribution is -0.137. The molecule has 118 valence electrons. The first-order chi connectivity index (χ1) is 10.9. The molecule has 6 heteroatoms. The van der Waals surface area contributed by atoms with Gasteiger partial charge in [0.25, 0.3) is 0 Å². The number of para-hydroxylation sites is 1. The van der Waals surface area contributed by atoms with Crippen molar-refractivity contribution in [2.24, 2.45) is 0 Å². The zero-order valence-electron chi connectivity index (χ0n) is 12.3. The molecule has 3 nitrogen and oxygen atoms in total. The molecular formula is C17H14F3N3. The van der Waals surface area contributed by atoms with Crippen molar-refractivity contribution in [1.82, 2.24) is 9.78 Å². The standard InChI is InChI=1S/C17H14F3N3/c1-11-15(12-6-5-7-13(10-12)17(18,19)20)16(21)23(22-11)14-8-3-2-4-9-14/h2-10H,21H2,1H3. The Bertz CT molecular complexity index is 836. The van der Waals surface area contributed by atoms with Gasteiger partial charge in [0.15, 0.2) is 0 Å². The van der Waals surface area contributed by atoms with Crippen LogP contribution in [0.5, 0.6) is 0 Å². The zero-order chi connectivity index (χ0) is 16.6. The second-order valence-corrected chi connectivity index (χ2v) is 5.17. The van der Waals surface area contributed by atoms with Gasteiger partial charge in [-0.15, -0.1) is 0 Å². The minimum atomic E-state index is -4.39. The SMILES string of the molecule is Cc1nn(-c2ccccc2)c(N)c1-c1cccc(C(F)(F)F)c1. The second-order valence-electron chi connectivity index (χ2n) is 5.17. The minimum absolute atomic E-state index is 0.313. The molecule has 0 aliphatic rings. The van der Waals surface area contributed by atoms with E-state index in [0.717, 1.165) is 17.8 Å². The molecule has 0 amide bonds. The summed E-state index contributed by atoms with van der Waals surface area (Å²) in [5.74, 6) is 0.313. The Labute approximate surface area is 131 Å². The molecular weight excluding hydrogens is 303 g/mol. The Morgan fingerprint density at radius 1 is 1.00 bits per heavy atom. The number of aryl methyl sites for hydroxylation is 1. The van der Waals surface area contributed by atoms with Gasteiger partial charge in [0.2, 0.25) is 0 Å². The molecule has 2 N–H and O–H groups in total. The Morgan fingerprint density at radius 2 is 1.70 bits per heavy atom. The molecule has 0 fully saturated rings. The summed E-state index contributed by atoms with van der Waals surface area (Å²) < 4.78 is 40.2. The molecule has 0 radical (unpaired) electrons. The number of alkyl halides is 3. The molecule has 0 spiro atoms. The summed E-state index contributed by atoms with van der Waals surface area (Å²) in [5.41, 5.74) is 7.68. The van der Waals surface area contributed by atoms with Crippen molar-refractivity contribution in [2.75, 3.05) is 5.73 Å². The number of nitrogen functional groups attached to an aromatic ring is 1. The van der Waals surface area contributed by atoms with Gasteiger partial charge in [-0.1, -0.05) is 30.3 Å². The normalized spacial score (nSPS) is 11.7. The van der Waals surface area contributed by atoms with Crippen LogP contribution in [0.3, 0.4) is 0 Å². The summed E-state index contributed by atoms with van der Waals surface area (Å²) in [6.07, 6.45) is -4.39. The maximum absolute atomic E-state index is 12.9.